The van der Waals surface area contributed by atoms with Crippen LogP contribution in [0.1, 0.15) is 10.6 Å². The van der Waals surface area contributed by atoms with E-state index in [-0.39, 0.29) is 12.6 Å². The fourth-order valence-corrected chi connectivity index (χ4v) is 1.85. The molecule has 1 aromatic carbocycles. The molecule has 0 aliphatic carbocycles. The van der Waals surface area contributed by atoms with E-state index >= 15 is 0 Å². The predicted octanol–water partition coefficient (Wildman–Crippen LogP) is 1.78. The number of aromatic nitrogens is 1. The average molecular weight is 263 g/mol. The number of carboxylic acid groups (broad SMARTS) is 1. The molecular formula is C12H9NO6. The minimum atomic E-state index is -1.18. The van der Waals surface area contributed by atoms with Crippen molar-refractivity contribution in [1.82, 2.24) is 5.16 Å². The van der Waals surface area contributed by atoms with Crippen molar-refractivity contribution in [3.05, 3.63) is 24.0 Å². The van der Waals surface area contributed by atoms with E-state index in [0.717, 1.165) is 0 Å². The molecule has 2 heterocycles. The maximum absolute atomic E-state index is 10.8. The largest absolute Gasteiger partial charge is 0.492 e. The molecule has 7 nitrogen and oxygen atoms in total. The minimum Gasteiger partial charge on any atom is -0.492 e. The molecule has 0 atom stereocenters. The highest BCUT2D eigenvalue weighted by molar-refractivity contribution is 5.86. The maximum Gasteiger partial charge on any atom is 0.374 e. The molecule has 0 spiro atoms. The zero-order valence-corrected chi connectivity index (χ0v) is 9.87. The van der Waals surface area contributed by atoms with Crippen molar-refractivity contribution in [2.75, 3.05) is 13.9 Å². The van der Waals surface area contributed by atoms with Crippen LogP contribution in [0.25, 0.3) is 11.3 Å². The first kappa shape index (κ1) is 11.4. The summed E-state index contributed by atoms with van der Waals surface area (Å²) >= 11 is 0. The molecule has 1 aliphatic rings. The van der Waals surface area contributed by atoms with Gasteiger partial charge < -0.3 is 23.8 Å². The number of fused-ring (bicyclic) bond motifs is 1. The van der Waals surface area contributed by atoms with Gasteiger partial charge in [-0.1, -0.05) is 5.16 Å². The minimum absolute atomic E-state index is 0.119. The van der Waals surface area contributed by atoms with E-state index in [0.29, 0.717) is 28.5 Å². The second-order valence-corrected chi connectivity index (χ2v) is 3.76. The standard InChI is InChI=1S/C12H9NO6/c1-16-10-6(2-3-8-11(10)18-5-17-8)7-4-9(12(14)15)19-13-7/h2-4H,5H2,1H3,(H,14,15). The molecule has 0 saturated carbocycles. The molecule has 0 radical (unpaired) electrons. The monoisotopic (exact) mass is 263 g/mol. The van der Waals surface area contributed by atoms with Crippen molar-refractivity contribution in [2.24, 2.45) is 0 Å². The van der Waals surface area contributed by atoms with Crippen molar-refractivity contribution in [3.8, 4) is 28.5 Å². The fraction of sp³-hybridized carbons (Fsp3) is 0.167. The summed E-state index contributed by atoms with van der Waals surface area (Å²) in [4.78, 5) is 10.8. The first-order valence-corrected chi connectivity index (χ1v) is 5.37. The van der Waals surface area contributed by atoms with Gasteiger partial charge in [0.15, 0.2) is 11.5 Å². The van der Waals surface area contributed by atoms with Crippen LogP contribution in [0.4, 0.5) is 0 Å². The lowest BCUT2D eigenvalue weighted by atomic mass is 10.1. The number of carbonyl (C=O) groups is 1. The quantitative estimate of drug-likeness (QED) is 0.902. The number of nitrogens with zero attached hydrogens (tertiary/aromatic N) is 1. The molecular weight excluding hydrogens is 254 g/mol. The topological polar surface area (TPSA) is 91.0 Å². The van der Waals surface area contributed by atoms with Crippen molar-refractivity contribution < 1.29 is 28.6 Å². The zero-order valence-electron chi connectivity index (χ0n) is 9.87. The number of benzene rings is 1. The third-order valence-electron chi connectivity index (χ3n) is 2.69. The van der Waals surface area contributed by atoms with E-state index in [1.165, 1.54) is 13.2 Å². The number of methoxy groups -OCH3 is 1. The van der Waals surface area contributed by atoms with Gasteiger partial charge in [-0.15, -0.1) is 0 Å². The number of ether oxygens (including phenoxy) is 3. The van der Waals surface area contributed by atoms with Crippen LogP contribution >= 0.6 is 0 Å². The van der Waals surface area contributed by atoms with E-state index in [1.54, 1.807) is 12.1 Å². The Bertz CT molecular complexity index is 648. The highest BCUT2D eigenvalue weighted by atomic mass is 16.7. The van der Waals surface area contributed by atoms with Gasteiger partial charge in [0.25, 0.3) is 0 Å². The summed E-state index contributed by atoms with van der Waals surface area (Å²) in [5.41, 5.74) is 0.926. The highest BCUT2D eigenvalue weighted by Gasteiger charge is 2.24. The van der Waals surface area contributed by atoms with Gasteiger partial charge in [-0.2, -0.15) is 0 Å². The second-order valence-electron chi connectivity index (χ2n) is 3.76. The lowest BCUT2D eigenvalue weighted by Crippen LogP contribution is -1.94. The molecule has 0 bridgehead atoms. The van der Waals surface area contributed by atoms with Gasteiger partial charge in [0.05, 0.1) is 7.11 Å². The molecule has 1 N–H and O–H groups in total. The summed E-state index contributed by atoms with van der Waals surface area (Å²) in [6, 6.07) is 4.73. The molecule has 7 heteroatoms. The average Bonchev–Trinajstić information content (AvgIpc) is 3.05. The first-order valence-electron chi connectivity index (χ1n) is 5.37. The Balaban J connectivity index is 2.11. The Hall–Kier alpha value is -2.70. The molecule has 19 heavy (non-hydrogen) atoms. The molecule has 1 aromatic heterocycles. The summed E-state index contributed by atoms with van der Waals surface area (Å²) in [6.07, 6.45) is 0. The number of aromatic carboxylic acids is 1. The summed E-state index contributed by atoms with van der Waals surface area (Å²) in [5.74, 6) is 0.0517. The Morgan fingerprint density at radius 3 is 2.95 bits per heavy atom. The molecule has 0 saturated heterocycles. The van der Waals surface area contributed by atoms with E-state index in [1.807, 2.05) is 0 Å². The number of hydrogen-bond donors (Lipinski definition) is 1. The second kappa shape index (κ2) is 4.20. The van der Waals surface area contributed by atoms with Gasteiger partial charge in [-0.05, 0) is 12.1 Å². The Kier molecular flexibility index (Phi) is 2.52. The third kappa shape index (κ3) is 1.75. The van der Waals surface area contributed by atoms with Gasteiger partial charge in [0.2, 0.25) is 18.3 Å². The van der Waals surface area contributed by atoms with E-state index in [9.17, 15) is 4.79 Å². The summed E-state index contributed by atoms with van der Waals surface area (Å²) in [6.45, 7) is 0.119. The van der Waals surface area contributed by atoms with Crippen LogP contribution in [0.15, 0.2) is 22.7 Å². The molecule has 2 aromatic rings. The van der Waals surface area contributed by atoms with Crippen LogP contribution < -0.4 is 14.2 Å². The van der Waals surface area contributed by atoms with Crippen LogP contribution in [-0.4, -0.2) is 30.1 Å². The number of hydrogen-bond acceptors (Lipinski definition) is 6. The normalized spacial score (nSPS) is 12.5. The molecule has 0 unspecified atom stereocenters. The Morgan fingerprint density at radius 1 is 1.42 bits per heavy atom. The van der Waals surface area contributed by atoms with Crippen molar-refractivity contribution in [2.45, 2.75) is 0 Å². The van der Waals surface area contributed by atoms with E-state index < -0.39 is 5.97 Å². The number of rotatable bonds is 3. The van der Waals surface area contributed by atoms with Gasteiger partial charge in [-0.25, -0.2) is 4.79 Å². The van der Waals surface area contributed by atoms with E-state index in [2.05, 4.69) is 5.16 Å². The molecule has 3 rings (SSSR count). The lowest BCUT2D eigenvalue weighted by molar-refractivity contribution is 0.0652. The summed E-state index contributed by atoms with van der Waals surface area (Å²) < 4.78 is 20.6. The SMILES string of the molecule is COc1c(-c2cc(C(=O)O)on2)ccc2c1OCO2. The first-order chi connectivity index (χ1) is 9.20. The van der Waals surface area contributed by atoms with Gasteiger partial charge >= 0.3 is 5.97 Å². The van der Waals surface area contributed by atoms with Crippen LogP contribution in [0.5, 0.6) is 17.2 Å². The molecule has 1 aliphatic heterocycles. The maximum atomic E-state index is 10.8. The van der Waals surface area contributed by atoms with Gasteiger partial charge in [0.1, 0.15) is 5.69 Å². The van der Waals surface area contributed by atoms with Crippen LogP contribution in [0.2, 0.25) is 0 Å². The molecule has 0 fully saturated rings. The highest BCUT2D eigenvalue weighted by Crippen LogP contribution is 2.46. The fourth-order valence-electron chi connectivity index (χ4n) is 1.85. The predicted molar refractivity (Wildman–Crippen MR) is 61.6 cm³/mol. The molecule has 0 amide bonds. The van der Waals surface area contributed by atoms with Crippen molar-refractivity contribution >= 4 is 5.97 Å². The van der Waals surface area contributed by atoms with Crippen molar-refractivity contribution in [1.29, 1.82) is 0 Å². The molecule has 98 valence electrons. The number of carboxylic acids is 1. The van der Waals surface area contributed by atoms with Crippen molar-refractivity contribution in [3.63, 3.8) is 0 Å². The summed E-state index contributed by atoms with van der Waals surface area (Å²) in [7, 11) is 1.49. The van der Waals surface area contributed by atoms with Crippen LogP contribution in [0.3, 0.4) is 0 Å². The third-order valence-corrected chi connectivity index (χ3v) is 2.69. The Labute approximate surface area is 107 Å². The van der Waals surface area contributed by atoms with Gasteiger partial charge in [-0.3, -0.25) is 0 Å². The van der Waals surface area contributed by atoms with Crippen LogP contribution in [-0.2, 0) is 0 Å². The lowest BCUT2D eigenvalue weighted by Gasteiger charge is -2.08. The van der Waals surface area contributed by atoms with Gasteiger partial charge in [0, 0.05) is 11.6 Å². The van der Waals surface area contributed by atoms with Crippen LogP contribution in [0, 0.1) is 0 Å². The Morgan fingerprint density at radius 2 is 2.26 bits per heavy atom. The van der Waals surface area contributed by atoms with E-state index in [4.69, 9.17) is 23.8 Å². The zero-order chi connectivity index (χ0) is 13.4. The smallest absolute Gasteiger partial charge is 0.374 e. The summed E-state index contributed by atoms with van der Waals surface area (Å²) in [5, 5.41) is 12.5.